The Morgan fingerprint density at radius 3 is 2.50 bits per heavy atom. The van der Waals surface area contributed by atoms with Gasteiger partial charge in [-0.1, -0.05) is 13.0 Å². The van der Waals surface area contributed by atoms with Crippen molar-refractivity contribution in [1.29, 1.82) is 0 Å². The number of sulfonamides is 1. The molecule has 0 aliphatic carbocycles. The normalized spacial score (nSPS) is 17.1. The number of hydrogen-bond acceptors (Lipinski definition) is 3. The van der Waals surface area contributed by atoms with Crippen molar-refractivity contribution in [1.82, 2.24) is 9.62 Å². The van der Waals surface area contributed by atoms with E-state index < -0.39 is 33.2 Å². The molecule has 1 fully saturated rings. The number of nitrogens with one attached hydrogen (secondary N) is 1. The van der Waals surface area contributed by atoms with E-state index in [2.05, 4.69) is 11.6 Å². The summed E-state index contributed by atoms with van der Waals surface area (Å²) in [6.45, 7) is 2.74. The summed E-state index contributed by atoms with van der Waals surface area (Å²) in [6, 6.07) is 3.42. The lowest BCUT2D eigenvalue weighted by Crippen LogP contribution is -2.43. The molecule has 0 aromatic heterocycles. The Morgan fingerprint density at radius 1 is 1.29 bits per heavy atom. The maximum absolute atomic E-state index is 12.7. The summed E-state index contributed by atoms with van der Waals surface area (Å²) in [5.41, 5.74) is -1.05. The van der Waals surface area contributed by atoms with E-state index in [1.54, 1.807) is 4.90 Å². The highest BCUT2D eigenvalue weighted by molar-refractivity contribution is 7.89. The van der Waals surface area contributed by atoms with Crippen LogP contribution in [0, 0.1) is 5.92 Å². The molecule has 0 radical (unpaired) electrons. The highest BCUT2D eigenvalue weighted by atomic mass is 32.2. The van der Waals surface area contributed by atoms with Crippen molar-refractivity contribution in [3.8, 4) is 0 Å². The van der Waals surface area contributed by atoms with Crippen molar-refractivity contribution in [2.24, 2.45) is 5.92 Å². The SMILES string of the molecule is CC1CCN(C(=O)CNS(=O)(=O)c2cccc(C(F)(F)F)c2)CC1. The maximum atomic E-state index is 12.7. The van der Waals surface area contributed by atoms with Crippen LogP contribution in [0.2, 0.25) is 0 Å². The molecule has 134 valence electrons. The molecule has 2 rings (SSSR count). The molecule has 1 amide bonds. The van der Waals surface area contributed by atoms with Crippen LogP contribution in [0.5, 0.6) is 0 Å². The van der Waals surface area contributed by atoms with Gasteiger partial charge in [0.1, 0.15) is 0 Å². The predicted molar refractivity (Wildman–Crippen MR) is 81.6 cm³/mol. The number of likely N-dealkylation sites (tertiary alicyclic amines) is 1. The maximum Gasteiger partial charge on any atom is 0.416 e. The molecule has 1 aromatic carbocycles. The van der Waals surface area contributed by atoms with Gasteiger partial charge in [-0.15, -0.1) is 0 Å². The molecule has 1 saturated heterocycles. The Bertz CT molecular complexity index is 696. The molecule has 1 N–H and O–H groups in total. The third-order valence-electron chi connectivity index (χ3n) is 4.02. The number of hydrogen-bond donors (Lipinski definition) is 1. The lowest BCUT2D eigenvalue weighted by Gasteiger charge is -2.30. The molecule has 0 bridgehead atoms. The molecule has 0 unspecified atom stereocenters. The number of carbonyl (C=O) groups excluding carboxylic acids is 1. The van der Waals surface area contributed by atoms with Gasteiger partial charge in [0.25, 0.3) is 0 Å². The van der Waals surface area contributed by atoms with Gasteiger partial charge < -0.3 is 4.90 Å². The summed E-state index contributed by atoms with van der Waals surface area (Å²) in [7, 11) is -4.19. The molecule has 1 aliphatic rings. The average molecular weight is 364 g/mol. The second kappa shape index (κ2) is 7.10. The van der Waals surface area contributed by atoms with Crippen LogP contribution in [0.25, 0.3) is 0 Å². The van der Waals surface area contributed by atoms with Gasteiger partial charge in [-0.3, -0.25) is 4.79 Å². The number of amides is 1. The molecule has 5 nitrogen and oxygen atoms in total. The van der Waals surface area contributed by atoms with E-state index in [1.165, 1.54) is 0 Å². The number of piperidine rings is 1. The third-order valence-corrected chi connectivity index (χ3v) is 5.42. The molecule has 0 spiro atoms. The second-order valence-corrected chi connectivity index (χ2v) is 7.68. The Balaban J connectivity index is 2.02. The van der Waals surface area contributed by atoms with Gasteiger partial charge in [0.2, 0.25) is 15.9 Å². The van der Waals surface area contributed by atoms with Crippen LogP contribution in [0.15, 0.2) is 29.2 Å². The highest BCUT2D eigenvalue weighted by Gasteiger charge is 2.32. The van der Waals surface area contributed by atoms with Gasteiger partial charge in [0.15, 0.2) is 0 Å². The minimum Gasteiger partial charge on any atom is -0.342 e. The molecule has 24 heavy (non-hydrogen) atoms. The minimum absolute atomic E-state index is 0.377. The molecule has 1 heterocycles. The van der Waals surface area contributed by atoms with E-state index in [0.29, 0.717) is 25.1 Å². The fourth-order valence-corrected chi connectivity index (χ4v) is 3.47. The zero-order valence-corrected chi connectivity index (χ0v) is 14.0. The topological polar surface area (TPSA) is 66.5 Å². The van der Waals surface area contributed by atoms with E-state index in [9.17, 15) is 26.4 Å². The summed E-state index contributed by atoms with van der Waals surface area (Å²) in [6.07, 6.45) is -2.93. The van der Waals surface area contributed by atoms with Gasteiger partial charge in [-0.25, -0.2) is 13.1 Å². The highest BCUT2D eigenvalue weighted by Crippen LogP contribution is 2.30. The third kappa shape index (κ3) is 4.70. The van der Waals surface area contributed by atoms with E-state index in [-0.39, 0.29) is 5.91 Å². The van der Waals surface area contributed by atoms with Gasteiger partial charge in [0, 0.05) is 13.1 Å². The second-order valence-electron chi connectivity index (χ2n) is 5.91. The Hall–Kier alpha value is -1.61. The molecular weight excluding hydrogens is 345 g/mol. The van der Waals surface area contributed by atoms with Crippen LogP contribution in [0.3, 0.4) is 0 Å². The number of nitrogens with zero attached hydrogens (tertiary/aromatic N) is 1. The Kier molecular flexibility index (Phi) is 5.54. The van der Waals surface area contributed by atoms with E-state index in [0.717, 1.165) is 31.0 Å². The average Bonchev–Trinajstić information content (AvgIpc) is 2.53. The number of benzene rings is 1. The lowest BCUT2D eigenvalue weighted by atomic mass is 9.99. The number of halogens is 3. The zero-order chi connectivity index (χ0) is 18.0. The summed E-state index contributed by atoms with van der Waals surface area (Å²) < 4.78 is 64.3. The molecule has 9 heteroatoms. The first-order valence-corrected chi connectivity index (χ1v) is 9.02. The summed E-state index contributed by atoms with van der Waals surface area (Å²) in [5.74, 6) is 0.147. The van der Waals surface area contributed by atoms with Crippen molar-refractivity contribution < 1.29 is 26.4 Å². The summed E-state index contributed by atoms with van der Waals surface area (Å²) in [4.78, 5) is 13.1. The van der Waals surface area contributed by atoms with Crippen LogP contribution < -0.4 is 4.72 Å². The zero-order valence-electron chi connectivity index (χ0n) is 13.1. The van der Waals surface area contributed by atoms with Gasteiger partial charge in [0.05, 0.1) is 17.0 Å². The van der Waals surface area contributed by atoms with Crippen LogP contribution in [-0.4, -0.2) is 38.9 Å². The first-order chi connectivity index (χ1) is 11.1. The smallest absolute Gasteiger partial charge is 0.342 e. The van der Waals surface area contributed by atoms with Crippen LogP contribution in [0.1, 0.15) is 25.3 Å². The largest absolute Gasteiger partial charge is 0.416 e. The Labute approximate surface area is 138 Å². The van der Waals surface area contributed by atoms with Gasteiger partial charge in [-0.05, 0) is 37.0 Å². The molecule has 0 atom stereocenters. The minimum atomic E-state index is -4.63. The van der Waals surface area contributed by atoms with Crippen molar-refractivity contribution in [2.45, 2.75) is 30.8 Å². The molecule has 1 aromatic rings. The number of rotatable bonds is 4. The fraction of sp³-hybridized carbons (Fsp3) is 0.533. The number of carbonyl (C=O) groups is 1. The van der Waals surface area contributed by atoms with Crippen LogP contribution in [-0.2, 0) is 21.0 Å². The van der Waals surface area contributed by atoms with Crippen molar-refractivity contribution in [2.75, 3.05) is 19.6 Å². The summed E-state index contributed by atoms with van der Waals surface area (Å²) in [5, 5.41) is 0. The molecule has 0 saturated carbocycles. The van der Waals surface area contributed by atoms with E-state index >= 15 is 0 Å². The van der Waals surface area contributed by atoms with Gasteiger partial charge >= 0.3 is 6.18 Å². The van der Waals surface area contributed by atoms with Gasteiger partial charge in [-0.2, -0.15) is 13.2 Å². The Morgan fingerprint density at radius 2 is 1.92 bits per heavy atom. The monoisotopic (exact) mass is 364 g/mol. The van der Waals surface area contributed by atoms with E-state index in [4.69, 9.17) is 0 Å². The van der Waals surface area contributed by atoms with Crippen molar-refractivity contribution in [3.63, 3.8) is 0 Å². The van der Waals surface area contributed by atoms with Crippen molar-refractivity contribution >= 4 is 15.9 Å². The molecular formula is C15H19F3N2O3S. The van der Waals surface area contributed by atoms with E-state index in [1.807, 2.05) is 0 Å². The first kappa shape index (κ1) is 18.7. The van der Waals surface area contributed by atoms with Crippen LogP contribution >= 0.6 is 0 Å². The van der Waals surface area contributed by atoms with Crippen LogP contribution in [0.4, 0.5) is 13.2 Å². The lowest BCUT2D eigenvalue weighted by molar-refractivity contribution is -0.137. The predicted octanol–water partition coefficient (Wildman–Crippen LogP) is 2.24. The molecule has 1 aliphatic heterocycles. The fourth-order valence-electron chi connectivity index (χ4n) is 2.45. The van der Waals surface area contributed by atoms with Crippen molar-refractivity contribution in [3.05, 3.63) is 29.8 Å². The summed E-state index contributed by atoms with van der Waals surface area (Å²) >= 11 is 0. The standard InChI is InChI=1S/C15H19F3N2O3S/c1-11-5-7-20(8-6-11)14(21)10-19-24(22,23)13-4-2-3-12(9-13)15(16,17)18/h2-4,9,11,19H,5-8,10H2,1H3. The quantitative estimate of drug-likeness (QED) is 0.891. The number of alkyl halides is 3. The first-order valence-electron chi connectivity index (χ1n) is 7.54.